The van der Waals surface area contributed by atoms with Crippen molar-refractivity contribution in [2.75, 3.05) is 19.0 Å². The maximum atomic E-state index is 12.4. The van der Waals surface area contributed by atoms with Crippen LogP contribution in [0.2, 0.25) is 0 Å². The maximum Gasteiger partial charge on any atom is 0.187 e. The molecule has 3 aliphatic rings. The van der Waals surface area contributed by atoms with Gasteiger partial charge in [0.15, 0.2) is 5.78 Å². The van der Waals surface area contributed by atoms with Crippen molar-refractivity contribution in [2.45, 2.75) is 17.6 Å². The van der Waals surface area contributed by atoms with Gasteiger partial charge in [-0.15, -0.1) is 0 Å². The molecule has 4 nitrogen and oxygen atoms in total. The number of fused-ring (bicyclic) bond motifs is 1. The highest BCUT2D eigenvalue weighted by Crippen LogP contribution is 2.45. The first-order valence-corrected chi connectivity index (χ1v) is 8.36. The summed E-state index contributed by atoms with van der Waals surface area (Å²) < 4.78 is 5.36. The van der Waals surface area contributed by atoms with Gasteiger partial charge in [-0.1, -0.05) is 12.1 Å². The average Bonchev–Trinajstić information content (AvgIpc) is 3.01. The van der Waals surface area contributed by atoms with E-state index < -0.39 is 0 Å². The van der Waals surface area contributed by atoms with Gasteiger partial charge in [0.2, 0.25) is 0 Å². The summed E-state index contributed by atoms with van der Waals surface area (Å²) >= 11 is 1.86. The van der Waals surface area contributed by atoms with E-state index in [1.165, 1.54) is 0 Å². The molecule has 110 valence electrons. The molecule has 0 N–H and O–H groups in total. The van der Waals surface area contributed by atoms with Gasteiger partial charge in [-0.05, 0) is 29.9 Å². The number of nitrogens with zero attached hydrogens (tertiary/aromatic N) is 2. The van der Waals surface area contributed by atoms with E-state index in [1.54, 1.807) is 6.07 Å². The van der Waals surface area contributed by atoms with Crippen molar-refractivity contribution in [2.24, 2.45) is 4.99 Å². The molecule has 2 unspecified atom stereocenters. The molecule has 5 heteroatoms. The van der Waals surface area contributed by atoms with E-state index in [1.807, 2.05) is 30.0 Å². The third-order valence-corrected chi connectivity index (χ3v) is 5.68. The molecule has 0 spiro atoms. The predicted molar refractivity (Wildman–Crippen MR) is 85.0 cm³/mol. The van der Waals surface area contributed by atoms with Crippen LogP contribution in [0.1, 0.15) is 23.5 Å². The van der Waals surface area contributed by atoms with Crippen molar-refractivity contribution in [1.29, 1.82) is 5.26 Å². The van der Waals surface area contributed by atoms with E-state index in [0.717, 1.165) is 34.7 Å². The molecule has 1 saturated heterocycles. The Hall–Kier alpha value is -1.90. The van der Waals surface area contributed by atoms with Gasteiger partial charge in [0.1, 0.15) is 6.61 Å². The number of thioether (sulfide) groups is 1. The highest BCUT2D eigenvalue weighted by atomic mass is 32.2. The largest absolute Gasteiger partial charge is 0.367 e. The van der Waals surface area contributed by atoms with Crippen LogP contribution < -0.4 is 0 Å². The Morgan fingerprint density at radius 2 is 2.27 bits per heavy atom. The van der Waals surface area contributed by atoms with Crippen LogP contribution in [0.4, 0.5) is 0 Å². The van der Waals surface area contributed by atoms with Gasteiger partial charge >= 0.3 is 0 Å². The van der Waals surface area contributed by atoms with Crippen molar-refractivity contribution in [3.05, 3.63) is 46.7 Å². The second-order valence-electron chi connectivity index (χ2n) is 5.64. The van der Waals surface area contributed by atoms with Gasteiger partial charge < -0.3 is 4.74 Å². The van der Waals surface area contributed by atoms with Crippen molar-refractivity contribution < 1.29 is 9.53 Å². The van der Waals surface area contributed by atoms with Crippen LogP contribution in [0.5, 0.6) is 0 Å². The number of carbonyl (C=O) groups excluding carboxylic acids is 1. The molecule has 2 atom stereocenters. The van der Waals surface area contributed by atoms with Gasteiger partial charge in [-0.25, -0.2) is 0 Å². The van der Waals surface area contributed by atoms with Gasteiger partial charge in [-0.2, -0.15) is 17.0 Å². The Balaban J connectivity index is 1.87. The molecule has 0 aromatic heterocycles. The lowest BCUT2D eigenvalue weighted by Crippen LogP contribution is -2.35. The topological polar surface area (TPSA) is 62.4 Å². The molecular weight excluding hydrogens is 296 g/mol. The SMILES string of the molecule is N#Cc1cccc(C2C3=C(COCC3=O)N=C3CCSC32)c1. The number of ketones is 1. The Kier molecular flexibility index (Phi) is 3.36. The second-order valence-corrected chi connectivity index (χ2v) is 6.89. The Morgan fingerprint density at radius 1 is 1.36 bits per heavy atom. The van der Waals surface area contributed by atoms with Crippen molar-refractivity contribution in [3.63, 3.8) is 0 Å². The lowest BCUT2D eigenvalue weighted by atomic mass is 9.80. The smallest absolute Gasteiger partial charge is 0.187 e. The molecule has 0 aliphatic carbocycles. The van der Waals surface area contributed by atoms with Crippen LogP contribution in [-0.2, 0) is 9.53 Å². The third-order valence-electron chi connectivity index (χ3n) is 4.33. The summed E-state index contributed by atoms with van der Waals surface area (Å²) in [7, 11) is 0. The highest BCUT2D eigenvalue weighted by Gasteiger charge is 2.42. The number of rotatable bonds is 1. The third kappa shape index (κ3) is 2.11. The molecule has 3 heterocycles. The number of carbonyl (C=O) groups is 1. The van der Waals surface area contributed by atoms with Crippen LogP contribution in [0.25, 0.3) is 0 Å². The summed E-state index contributed by atoms with van der Waals surface area (Å²) in [5.74, 6) is 1.07. The number of hydrogen-bond donors (Lipinski definition) is 0. The highest BCUT2D eigenvalue weighted by molar-refractivity contribution is 8.01. The second kappa shape index (κ2) is 5.38. The minimum atomic E-state index is -0.000278. The van der Waals surface area contributed by atoms with Crippen molar-refractivity contribution in [3.8, 4) is 6.07 Å². The number of nitriles is 1. The fraction of sp³-hybridized carbons (Fsp3) is 0.353. The quantitative estimate of drug-likeness (QED) is 0.799. The molecule has 4 rings (SSSR count). The molecule has 0 saturated carbocycles. The van der Waals surface area contributed by atoms with Crippen LogP contribution >= 0.6 is 11.8 Å². The molecule has 1 aromatic carbocycles. The van der Waals surface area contributed by atoms with E-state index in [-0.39, 0.29) is 23.6 Å². The van der Waals surface area contributed by atoms with Gasteiger partial charge in [-0.3, -0.25) is 9.79 Å². The number of ether oxygens (including phenoxy) is 1. The van der Waals surface area contributed by atoms with E-state index in [9.17, 15) is 4.79 Å². The summed E-state index contributed by atoms with van der Waals surface area (Å²) in [4.78, 5) is 17.1. The number of Topliss-reactive ketones (excluding diaryl/α,β-unsaturated/α-hetero) is 1. The Bertz CT molecular complexity index is 760. The summed E-state index contributed by atoms with van der Waals surface area (Å²) in [6.07, 6.45) is 0.967. The summed E-state index contributed by atoms with van der Waals surface area (Å²) in [5.41, 5.74) is 4.41. The number of hydrogen-bond acceptors (Lipinski definition) is 5. The maximum absolute atomic E-state index is 12.4. The fourth-order valence-electron chi connectivity index (χ4n) is 3.41. The average molecular weight is 310 g/mol. The zero-order chi connectivity index (χ0) is 15.1. The lowest BCUT2D eigenvalue weighted by Gasteiger charge is -2.33. The molecule has 1 aromatic rings. The van der Waals surface area contributed by atoms with Crippen molar-refractivity contribution >= 4 is 23.3 Å². The first-order chi connectivity index (χ1) is 10.8. The van der Waals surface area contributed by atoms with Crippen LogP contribution in [0.3, 0.4) is 0 Å². The van der Waals surface area contributed by atoms with E-state index in [2.05, 4.69) is 6.07 Å². The lowest BCUT2D eigenvalue weighted by molar-refractivity contribution is -0.121. The molecule has 0 bridgehead atoms. The van der Waals surface area contributed by atoms with Gasteiger partial charge in [0.25, 0.3) is 0 Å². The summed E-state index contributed by atoms with van der Waals surface area (Å²) in [6.45, 7) is 0.548. The molecule has 0 amide bonds. The zero-order valence-corrected chi connectivity index (χ0v) is 12.7. The zero-order valence-electron chi connectivity index (χ0n) is 11.9. The van der Waals surface area contributed by atoms with Crippen LogP contribution in [0.15, 0.2) is 40.5 Å². The first-order valence-electron chi connectivity index (χ1n) is 7.31. The predicted octanol–water partition coefficient (Wildman–Crippen LogP) is 2.46. The number of benzene rings is 1. The molecule has 3 aliphatic heterocycles. The summed E-state index contributed by atoms with van der Waals surface area (Å²) in [6, 6.07) is 9.79. The standard InChI is InChI=1S/C17H14N2O2S/c18-7-10-2-1-3-11(6-10)15-16-13(8-21-9-14(16)20)19-12-4-5-22-17(12)15/h1-3,6,15,17H,4-5,8-9H2. The van der Waals surface area contributed by atoms with Crippen LogP contribution in [0, 0.1) is 11.3 Å². The Labute approximate surface area is 132 Å². The van der Waals surface area contributed by atoms with E-state index in [4.69, 9.17) is 15.0 Å². The van der Waals surface area contributed by atoms with E-state index >= 15 is 0 Å². The molecule has 0 radical (unpaired) electrons. The monoisotopic (exact) mass is 310 g/mol. The van der Waals surface area contributed by atoms with Gasteiger partial charge in [0, 0.05) is 17.2 Å². The minimum absolute atomic E-state index is 0.000278. The molecular formula is C17H14N2O2S. The molecule has 1 fully saturated rings. The van der Waals surface area contributed by atoms with Crippen LogP contribution in [-0.4, -0.2) is 35.7 Å². The Morgan fingerprint density at radius 3 is 3.14 bits per heavy atom. The number of aliphatic imine (C=N–C) groups is 1. The van der Waals surface area contributed by atoms with Crippen molar-refractivity contribution in [1.82, 2.24) is 0 Å². The van der Waals surface area contributed by atoms with E-state index in [0.29, 0.717) is 12.2 Å². The first kappa shape index (κ1) is 13.7. The minimum Gasteiger partial charge on any atom is -0.367 e. The fourth-order valence-corrected chi connectivity index (χ4v) is 4.84. The summed E-state index contributed by atoms with van der Waals surface area (Å²) in [5, 5.41) is 9.37. The molecule has 22 heavy (non-hydrogen) atoms. The normalized spacial score (nSPS) is 27.0. The van der Waals surface area contributed by atoms with Gasteiger partial charge in [0.05, 0.1) is 29.2 Å².